The number of nitrogens with zero attached hydrogens (tertiary/aromatic N) is 4. The van der Waals surface area contributed by atoms with Gasteiger partial charge in [0, 0.05) is 49.9 Å². The van der Waals surface area contributed by atoms with Crippen molar-refractivity contribution < 1.29 is 17.9 Å². The Morgan fingerprint density at radius 1 is 1.08 bits per heavy atom. The van der Waals surface area contributed by atoms with E-state index >= 15 is 0 Å². The summed E-state index contributed by atoms with van der Waals surface area (Å²) in [4.78, 5) is 22.9. The van der Waals surface area contributed by atoms with Crippen LogP contribution < -0.4 is 4.90 Å². The van der Waals surface area contributed by atoms with Crippen LogP contribution in [0.4, 0.5) is 5.13 Å². The molecule has 1 amide bonds. The van der Waals surface area contributed by atoms with Crippen molar-refractivity contribution in [1.29, 1.82) is 0 Å². The number of hydrogen-bond donors (Lipinski definition) is 0. The molecule has 0 spiro atoms. The highest BCUT2D eigenvalue weighted by Crippen LogP contribution is 2.34. The fourth-order valence-corrected chi connectivity index (χ4v) is 7.96. The first kappa shape index (κ1) is 27.5. The summed E-state index contributed by atoms with van der Waals surface area (Å²) < 4.78 is 34.1. The van der Waals surface area contributed by atoms with Gasteiger partial charge in [-0.3, -0.25) is 14.6 Å². The number of benzene rings is 2. The van der Waals surface area contributed by atoms with Crippen LogP contribution in [0.25, 0.3) is 10.2 Å². The van der Waals surface area contributed by atoms with Gasteiger partial charge in [-0.2, -0.15) is 4.31 Å². The van der Waals surface area contributed by atoms with Crippen LogP contribution in [0, 0.1) is 6.92 Å². The Kier molecular flexibility index (Phi) is 8.66. The van der Waals surface area contributed by atoms with E-state index in [2.05, 4.69) is 4.90 Å². The van der Waals surface area contributed by atoms with Crippen molar-refractivity contribution in [3.63, 3.8) is 0 Å². The van der Waals surface area contributed by atoms with Gasteiger partial charge in [-0.15, -0.1) is 0 Å². The first-order chi connectivity index (χ1) is 18.3. The Morgan fingerprint density at radius 3 is 2.50 bits per heavy atom. The summed E-state index contributed by atoms with van der Waals surface area (Å²) in [7, 11) is -3.56. The number of carbonyl (C=O) groups is 1. The summed E-state index contributed by atoms with van der Waals surface area (Å²) in [5, 5.41) is 1.25. The topological polar surface area (TPSA) is 83.0 Å². The van der Waals surface area contributed by atoms with Gasteiger partial charge >= 0.3 is 0 Å². The molecule has 2 aliphatic rings. The summed E-state index contributed by atoms with van der Waals surface area (Å²) in [6.07, 6.45) is 3.59. The van der Waals surface area contributed by atoms with Crippen LogP contribution in [0.5, 0.6) is 0 Å². The van der Waals surface area contributed by atoms with Crippen molar-refractivity contribution in [2.24, 2.45) is 0 Å². The molecule has 8 nitrogen and oxygen atoms in total. The average Bonchev–Trinajstić information content (AvgIpc) is 3.36. The highest BCUT2D eigenvalue weighted by molar-refractivity contribution is 7.89. The van der Waals surface area contributed by atoms with Crippen LogP contribution in [-0.2, 0) is 14.8 Å². The summed E-state index contributed by atoms with van der Waals surface area (Å²) in [5.74, 6) is -0.197. The van der Waals surface area contributed by atoms with E-state index in [9.17, 15) is 13.2 Å². The molecule has 0 saturated carbocycles. The number of amides is 1. The molecule has 1 aromatic heterocycles. The van der Waals surface area contributed by atoms with Gasteiger partial charge in [-0.05, 0) is 68.1 Å². The van der Waals surface area contributed by atoms with E-state index in [1.165, 1.54) is 11.3 Å². The standard InChI is InChI=1S/C27H33ClN4O4S2/c1-20-18-22(28)19-24-25(20)29-27(37-24)32(13-5-10-30-14-16-36-17-15-30)26(33)21-6-8-23(9-7-21)38(34,35)31-11-3-2-4-12-31/h6-9,18-19H,2-5,10-17H2,1H3. The van der Waals surface area contributed by atoms with E-state index < -0.39 is 10.0 Å². The zero-order valence-electron chi connectivity index (χ0n) is 21.6. The monoisotopic (exact) mass is 576 g/mol. The van der Waals surface area contributed by atoms with Gasteiger partial charge < -0.3 is 4.74 Å². The number of anilines is 1. The molecule has 5 rings (SSSR count). The summed E-state index contributed by atoms with van der Waals surface area (Å²) in [5.41, 5.74) is 2.23. The first-order valence-electron chi connectivity index (χ1n) is 13.1. The van der Waals surface area contributed by atoms with Gasteiger partial charge in [0.1, 0.15) is 0 Å². The second-order valence-electron chi connectivity index (χ2n) is 9.82. The van der Waals surface area contributed by atoms with E-state index in [-0.39, 0.29) is 10.8 Å². The molecule has 3 heterocycles. The van der Waals surface area contributed by atoms with Crippen LogP contribution in [0.2, 0.25) is 5.02 Å². The number of sulfonamides is 1. The van der Waals surface area contributed by atoms with Crippen LogP contribution >= 0.6 is 22.9 Å². The largest absolute Gasteiger partial charge is 0.379 e. The smallest absolute Gasteiger partial charge is 0.260 e. The number of hydrogen-bond acceptors (Lipinski definition) is 7. The number of fused-ring (bicyclic) bond motifs is 1. The predicted molar refractivity (Wildman–Crippen MR) is 152 cm³/mol. The van der Waals surface area contributed by atoms with Crippen molar-refractivity contribution in [2.45, 2.75) is 37.5 Å². The van der Waals surface area contributed by atoms with Crippen molar-refractivity contribution in [3.8, 4) is 0 Å². The minimum Gasteiger partial charge on any atom is -0.379 e. The van der Waals surface area contributed by atoms with E-state index in [0.29, 0.717) is 35.4 Å². The van der Waals surface area contributed by atoms with Crippen LogP contribution in [0.15, 0.2) is 41.3 Å². The van der Waals surface area contributed by atoms with Gasteiger partial charge in [0.25, 0.3) is 5.91 Å². The number of aryl methyl sites for hydroxylation is 1. The third kappa shape index (κ3) is 6.05. The number of piperidine rings is 1. The lowest BCUT2D eigenvalue weighted by atomic mass is 10.2. The predicted octanol–water partition coefficient (Wildman–Crippen LogP) is 4.80. The maximum absolute atomic E-state index is 13.8. The zero-order valence-corrected chi connectivity index (χ0v) is 24.0. The molecule has 0 radical (unpaired) electrons. The lowest BCUT2D eigenvalue weighted by Gasteiger charge is -2.28. The normalized spacial score (nSPS) is 17.6. The zero-order chi connectivity index (χ0) is 26.7. The van der Waals surface area contributed by atoms with Gasteiger partial charge in [0.15, 0.2) is 5.13 Å². The third-order valence-corrected chi connectivity index (χ3v) is 10.3. The van der Waals surface area contributed by atoms with E-state index in [4.69, 9.17) is 21.3 Å². The molecule has 0 atom stereocenters. The number of thiazole rings is 1. The number of ether oxygens (including phenoxy) is 1. The van der Waals surface area contributed by atoms with Gasteiger partial charge in [0.05, 0.1) is 28.3 Å². The number of aromatic nitrogens is 1. The molecular weight excluding hydrogens is 544 g/mol. The second kappa shape index (κ2) is 12.0. The maximum Gasteiger partial charge on any atom is 0.260 e. The molecule has 2 fully saturated rings. The Balaban J connectivity index is 1.39. The molecule has 204 valence electrons. The maximum atomic E-state index is 13.8. The molecule has 11 heteroatoms. The molecule has 3 aromatic rings. The highest BCUT2D eigenvalue weighted by atomic mass is 35.5. The Bertz CT molecular complexity index is 1380. The lowest BCUT2D eigenvalue weighted by molar-refractivity contribution is 0.0376. The SMILES string of the molecule is Cc1cc(Cl)cc2sc(N(CCCN3CCOCC3)C(=O)c3ccc(S(=O)(=O)N4CCCCC4)cc3)nc12. The Morgan fingerprint density at radius 2 is 1.79 bits per heavy atom. The molecule has 2 saturated heterocycles. The number of carbonyl (C=O) groups excluding carboxylic acids is 1. The fourth-order valence-electron chi connectivity index (χ4n) is 5.00. The molecule has 2 aromatic carbocycles. The molecule has 0 aliphatic carbocycles. The second-order valence-corrected chi connectivity index (χ2v) is 13.2. The van der Waals surface area contributed by atoms with E-state index in [0.717, 1.165) is 74.3 Å². The molecule has 2 aliphatic heterocycles. The average molecular weight is 577 g/mol. The van der Waals surface area contributed by atoms with Gasteiger partial charge in [0.2, 0.25) is 10.0 Å². The lowest BCUT2D eigenvalue weighted by Crippen LogP contribution is -2.39. The first-order valence-corrected chi connectivity index (χ1v) is 15.8. The molecule has 0 unspecified atom stereocenters. The van der Waals surface area contributed by atoms with Crippen LogP contribution in [-0.4, -0.2) is 81.0 Å². The molecule has 38 heavy (non-hydrogen) atoms. The van der Waals surface area contributed by atoms with Crippen molar-refractivity contribution in [2.75, 3.05) is 57.4 Å². The summed E-state index contributed by atoms with van der Waals surface area (Å²) in [6, 6.07) is 10.1. The Hall–Kier alpha value is -2.08. The quantitative estimate of drug-likeness (QED) is 0.383. The molecule has 0 N–H and O–H groups in total. The Labute approximate surface area is 233 Å². The number of halogens is 1. The fraction of sp³-hybridized carbons (Fsp3) is 0.481. The molecule has 0 bridgehead atoms. The van der Waals surface area contributed by atoms with Crippen LogP contribution in [0.1, 0.15) is 41.6 Å². The number of rotatable bonds is 8. The minimum atomic E-state index is -3.56. The van der Waals surface area contributed by atoms with Crippen molar-refractivity contribution >= 4 is 54.2 Å². The van der Waals surface area contributed by atoms with Gasteiger partial charge in [-0.1, -0.05) is 29.4 Å². The minimum absolute atomic E-state index is 0.197. The van der Waals surface area contributed by atoms with Crippen molar-refractivity contribution in [3.05, 3.63) is 52.5 Å². The summed E-state index contributed by atoms with van der Waals surface area (Å²) >= 11 is 7.72. The summed E-state index contributed by atoms with van der Waals surface area (Å²) in [6.45, 7) is 7.64. The third-order valence-electron chi connectivity index (χ3n) is 7.13. The van der Waals surface area contributed by atoms with Crippen molar-refractivity contribution in [1.82, 2.24) is 14.2 Å². The highest BCUT2D eigenvalue weighted by Gasteiger charge is 2.27. The van der Waals surface area contributed by atoms with Crippen LogP contribution in [0.3, 0.4) is 0 Å². The van der Waals surface area contributed by atoms with E-state index in [1.807, 2.05) is 19.1 Å². The van der Waals surface area contributed by atoms with E-state index in [1.54, 1.807) is 33.5 Å². The number of morpholine rings is 1. The van der Waals surface area contributed by atoms with Gasteiger partial charge in [-0.25, -0.2) is 13.4 Å². The molecular formula is C27H33ClN4O4S2.